The number of rotatable bonds is 6. The number of anilines is 1. The highest BCUT2D eigenvalue weighted by Crippen LogP contribution is 2.37. The van der Waals surface area contributed by atoms with E-state index in [4.69, 9.17) is 0 Å². The van der Waals surface area contributed by atoms with E-state index >= 15 is 0 Å². The second kappa shape index (κ2) is 7.82. The van der Waals surface area contributed by atoms with Crippen LogP contribution in [0.1, 0.15) is 64.9 Å². The SMILES string of the molecule is CC(C)CC[C@]1(C2CCN(c3ncncc3C(C)C)CC2)NC(=O)NC1=O. The van der Waals surface area contributed by atoms with Crippen molar-refractivity contribution in [1.29, 1.82) is 0 Å². The molecule has 0 spiro atoms. The minimum absolute atomic E-state index is 0.142. The molecule has 3 amide bonds. The fourth-order valence-corrected chi connectivity index (χ4v) is 4.28. The second-order valence-corrected chi connectivity index (χ2v) is 8.53. The summed E-state index contributed by atoms with van der Waals surface area (Å²) in [6.07, 6.45) is 6.81. The van der Waals surface area contributed by atoms with Gasteiger partial charge in [0.1, 0.15) is 17.7 Å². The normalized spacial score (nSPS) is 23.9. The van der Waals surface area contributed by atoms with Crippen molar-refractivity contribution in [1.82, 2.24) is 20.6 Å². The summed E-state index contributed by atoms with van der Waals surface area (Å²) in [5.41, 5.74) is 0.386. The maximum atomic E-state index is 12.7. The lowest BCUT2D eigenvalue weighted by molar-refractivity contribution is -0.126. The third kappa shape index (κ3) is 3.92. The first-order valence-corrected chi connectivity index (χ1v) is 10.0. The van der Waals surface area contributed by atoms with E-state index in [1.165, 1.54) is 0 Å². The summed E-state index contributed by atoms with van der Waals surface area (Å²) >= 11 is 0. The second-order valence-electron chi connectivity index (χ2n) is 8.53. The Morgan fingerprint density at radius 1 is 1.22 bits per heavy atom. The van der Waals surface area contributed by atoms with Crippen molar-refractivity contribution in [3.8, 4) is 0 Å². The van der Waals surface area contributed by atoms with Gasteiger partial charge in [-0.3, -0.25) is 10.1 Å². The highest BCUT2D eigenvalue weighted by molar-refractivity contribution is 6.07. The molecule has 2 aliphatic rings. The van der Waals surface area contributed by atoms with Crippen molar-refractivity contribution >= 4 is 17.8 Å². The summed E-state index contributed by atoms with van der Waals surface area (Å²) in [6, 6.07) is -0.357. The number of aromatic nitrogens is 2. The number of amides is 3. The molecule has 2 aliphatic heterocycles. The van der Waals surface area contributed by atoms with Crippen LogP contribution in [0.5, 0.6) is 0 Å². The smallest absolute Gasteiger partial charge is 0.322 e. The Morgan fingerprint density at radius 3 is 2.48 bits per heavy atom. The standard InChI is InChI=1S/C20H31N5O2/c1-13(2)5-8-20(18(26)23-19(27)24-20)15-6-9-25(10-7-15)17-16(14(3)4)11-21-12-22-17/h11-15H,5-10H2,1-4H3,(H2,23,24,26,27)/t20-/m1/s1. The summed E-state index contributed by atoms with van der Waals surface area (Å²) in [4.78, 5) is 35.6. The van der Waals surface area contributed by atoms with E-state index in [0.29, 0.717) is 18.3 Å². The van der Waals surface area contributed by atoms with Crippen molar-refractivity contribution in [2.24, 2.45) is 11.8 Å². The number of nitrogens with one attached hydrogen (secondary N) is 2. The summed E-state index contributed by atoms with van der Waals surface area (Å²) < 4.78 is 0. The Kier molecular flexibility index (Phi) is 5.67. The molecule has 0 saturated carbocycles. The Hall–Kier alpha value is -2.18. The van der Waals surface area contributed by atoms with Gasteiger partial charge < -0.3 is 10.2 Å². The molecule has 1 aromatic rings. The summed E-state index contributed by atoms with van der Waals surface area (Å²) in [5, 5.41) is 5.46. The first-order valence-electron chi connectivity index (χ1n) is 10.0. The van der Waals surface area contributed by atoms with Gasteiger partial charge in [-0.1, -0.05) is 27.7 Å². The van der Waals surface area contributed by atoms with Gasteiger partial charge in [0, 0.05) is 24.8 Å². The predicted molar refractivity (Wildman–Crippen MR) is 105 cm³/mol. The number of carbonyl (C=O) groups is 2. The van der Waals surface area contributed by atoms with Gasteiger partial charge in [0.25, 0.3) is 5.91 Å². The number of carbonyl (C=O) groups excluding carboxylic acids is 2. The molecule has 1 aromatic heterocycles. The molecule has 7 nitrogen and oxygen atoms in total. The van der Waals surface area contributed by atoms with E-state index in [1.807, 2.05) is 6.20 Å². The zero-order valence-corrected chi connectivity index (χ0v) is 16.8. The average molecular weight is 374 g/mol. The molecular weight excluding hydrogens is 342 g/mol. The number of urea groups is 1. The van der Waals surface area contributed by atoms with Crippen LogP contribution in [0.25, 0.3) is 0 Å². The molecule has 0 bridgehead atoms. The number of imide groups is 1. The third-order valence-corrected chi connectivity index (χ3v) is 5.92. The highest BCUT2D eigenvalue weighted by Gasteiger charge is 2.51. The third-order valence-electron chi connectivity index (χ3n) is 5.92. The summed E-state index contributed by atoms with van der Waals surface area (Å²) in [7, 11) is 0. The lowest BCUT2D eigenvalue weighted by Crippen LogP contribution is -2.56. The quantitative estimate of drug-likeness (QED) is 0.749. The van der Waals surface area contributed by atoms with Gasteiger partial charge in [0.15, 0.2) is 0 Å². The predicted octanol–water partition coefficient (Wildman–Crippen LogP) is 2.83. The zero-order valence-electron chi connectivity index (χ0n) is 16.8. The van der Waals surface area contributed by atoms with Crippen molar-refractivity contribution in [2.45, 2.75) is 64.8 Å². The number of piperidine rings is 1. The summed E-state index contributed by atoms with van der Waals surface area (Å²) in [5.74, 6) is 1.83. The molecule has 0 aromatic carbocycles. The Balaban J connectivity index is 1.75. The van der Waals surface area contributed by atoms with E-state index in [1.54, 1.807) is 6.33 Å². The molecule has 3 rings (SSSR count). The fourth-order valence-electron chi connectivity index (χ4n) is 4.28. The molecule has 7 heteroatoms. The summed E-state index contributed by atoms with van der Waals surface area (Å²) in [6.45, 7) is 10.2. The van der Waals surface area contributed by atoms with Crippen molar-refractivity contribution in [3.05, 3.63) is 18.1 Å². The van der Waals surface area contributed by atoms with Crippen LogP contribution in [0.3, 0.4) is 0 Å². The largest absolute Gasteiger partial charge is 0.356 e. The van der Waals surface area contributed by atoms with E-state index in [-0.39, 0.29) is 17.9 Å². The van der Waals surface area contributed by atoms with Crippen LogP contribution in [0.2, 0.25) is 0 Å². The lowest BCUT2D eigenvalue weighted by Gasteiger charge is -2.41. The monoisotopic (exact) mass is 373 g/mol. The Bertz CT molecular complexity index is 697. The van der Waals surface area contributed by atoms with Crippen LogP contribution < -0.4 is 15.5 Å². The average Bonchev–Trinajstić information content (AvgIpc) is 2.94. The van der Waals surface area contributed by atoms with Gasteiger partial charge in [0.2, 0.25) is 0 Å². The molecule has 0 radical (unpaired) electrons. The first kappa shape index (κ1) is 19.6. The maximum Gasteiger partial charge on any atom is 0.322 e. The molecular formula is C20H31N5O2. The molecule has 2 fully saturated rings. The minimum atomic E-state index is -0.764. The van der Waals surface area contributed by atoms with Gasteiger partial charge in [0.05, 0.1) is 0 Å². The molecule has 148 valence electrons. The van der Waals surface area contributed by atoms with Gasteiger partial charge in [-0.2, -0.15) is 0 Å². The molecule has 27 heavy (non-hydrogen) atoms. The van der Waals surface area contributed by atoms with Crippen LogP contribution in [0.4, 0.5) is 10.6 Å². The Morgan fingerprint density at radius 2 is 1.93 bits per heavy atom. The number of hydrogen-bond acceptors (Lipinski definition) is 5. The van der Waals surface area contributed by atoms with E-state index in [9.17, 15) is 9.59 Å². The van der Waals surface area contributed by atoms with Crippen LogP contribution in [0.15, 0.2) is 12.5 Å². The van der Waals surface area contributed by atoms with E-state index in [0.717, 1.165) is 43.7 Å². The number of hydrogen-bond donors (Lipinski definition) is 2. The van der Waals surface area contributed by atoms with Crippen molar-refractivity contribution in [3.63, 3.8) is 0 Å². The van der Waals surface area contributed by atoms with Gasteiger partial charge >= 0.3 is 6.03 Å². The van der Waals surface area contributed by atoms with Crippen LogP contribution >= 0.6 is 0 Å². The highest BCUT2D eigenvalue weighted by atomic mass is 16.2. The topological polar surface area (TPSA) is 87.2 Å². The lowest BCUT2D eigenvalue weighted by atomic mass is 9.74. The van der Waals surface area contributed by atoms with Crippen LogP contribution in [-0.2, 0) is 4.79 Å². The van der Waals surface area contributed by atoms with Gasteiger partial charge in [-0.15, -0.1) is 0 Å². The van der Waals surface area contributed by atoms with Crippen LogP contribution in [-0.4, -0.2) is 40.5 Å². The molecule has 2 saturated heterocycles. The van der Waals surface area contributed by atoms with Crippen molar-refractivity contribution in [2.75, 3.05) is 18.0 Å². The molecule has 1 atom stereocenters. The molecule has 0 unspecified atom stereocenters. The van der Waals surface area contributed by atoms with Crippen molar-refractivity contribution < 1.29 is 9.59 Å². The molecule has 0 aliphatic carbocycles. The zero-order chi connectivity index (χ0) is 19.6. The van der Waals surface area contributed by atoms with Gasteiger partial charge in [-0.25, -0.2) is 14.8 Å². The number of nitrogens with zero attached hydrogens (tertiary/aromatic N) is 3. The maximum absolute atomic E-state index is 12.7. The molecule has 3 heterocycles. The first-order chi connectivity index (χ1) is 12.8. The Labute approximate surface area is 161 Å². The fraction of sp³-hybridized carbons (Fsp3) is 0.700. The molecule has 2 N–H and O–H groups in total. The van der Waals surface area contributed by atoms with Crippen LogP contribution in [0, 0.1) is 11.8 Å². The minimum Gasteiger partial charge on any atom is -0.356 e. The van der Waals surface area contributed by atoms with E-state index in [2.05, 4.69) is 53.2 Å². The van der Waals surface area contributed by atoms with Gasteiger partial charge in [-0.05, 0) is 43.4 Å². The van der Waals surface area contributed by atoms with E-state index < -0.39 is 5.54 Å².